The number of benzene rings is 1. The molecule has 0 radical (unpaired) electrons. The van der Waals surface area contributed by atoms with Crippen molar-refractivity contribution in [2.75, 3.05) is 32.1 Å². The molecule has 0 N–H and O–H groups in total. The molecule has 1 aliphatic heterocycles. The van der Waals surface area contributed by atoms with Gasteiger partial charge in [-0.05, 0) is 44.4 Å². The maximum atomic E-state index is 13.4. The van der Waals surface area contributed by atoms with Crippen molar-refractivity contribution in [2.24, 2.45) is 0 Å². The summed E-state index contributed by atoms with van der Waals surface area (Å²) in [6.45, 7) is 5.07. The highest BCUT2D eigenvalue weighted by atomic mass is 35.5. The topological polar surface area (TPSA) is 80.0 Å². The van der Waals surface area contributed by atoms with Crippen LogP contribution < -0.4 is 4.90 Å². The molecule has 2 aromatic heterocycles. The second-order valence-electron chi connectivity index (χ2n) is 8.86. The van der Waals surface area contributed by atoms with Gasteiger partial charge in [0, 0.05) is 49.9 Å². The number of nitrogens with zero attached hydrogens (tertiary/aromatic N) is 7. The van der Waals surface area contributed by atoms with Crippen LogP contribution in [-0.2, 0) is 10.3 Å². The van der Waals surface area contributed by atoms with Crippen molar-refractivity contribution in [3.63, 3.8) is 0 Å². The minimum atomic E-state index is -0.808. The molecule has 32 heavy (non-hydrogen) atoms. The lowest BCUT2D eigenvalue weighted by molar-refractivity contribution is -0.141. The van der Waals surface area contributed by atoms with Crippen molar-refractivity contribution in [2.45, 2.75) is 38.1 Å². The SMILES string of the molecule is CN(C)c1ncc(-c2ccc(Cl)cc2)c([C@@H]2CCCN(C(=O)C(C)(C)n3cncn3)C2)n1. The standard InChI is InChI=1S/C23H28ClN7O/c1-23(2,31-15-25-14-27-31)21(32)30-11-5-6-17(13-30)20-19(12-26-22(28-20)29(3)4)16-7-9-18(24)10-8-16/h7-10,12,14-15,17H,5-6,11,13H2,1-4H3/t17-/m1/s1. The minimum absolute atomic E-state index is 0.0302. The van der Waals surface area contributed by atoms with Crippen molar-refractivity contribution >= 4 is 23.5 Å². The first-order valence-electron chi connectivity index (χ1n) is 10.7. The molecule has 1 aliphatic rings. The fraction of sp³-hybridized carbons (Fsp3) is 0.435. The smallest absolute Gasteiger partial charge is 0.250 e. The van der Waals surface area contributed by atoms with E-state index in [0.29, 0.717) is 17.5 Å². The Kier molecular flexibility index (Phi) is 6.15. The fourth-order valence-electron chi connectivity index (χ4n) is 4.13. The number of halogens is 1. The predicted molar refractivity (Wildman–Crippen MR) is 125 cm³/mol. The molecule has 0 saturated carbocycles. The van der Waals surface area contributed by atoms with E-state index in [1.165, 1.54) is 6.33 Å². The Morgan fingerprint density at radius 2 is 1.97 bits per heavy atom. The van der Waals surface area contributed by atoms with E-state index in [1.54, 1.807) is 11.0 Å². The predicted octanol–water partition coefficient (Wildman–Crippen LogP) is 3.60. The van der Waals surface area contributed by atoms with E-state index in [9.17, 15) is 4.79 Å². The van der Waals surface area contributed by atoms with Crippen LogP contribution in [0.5, 0.6) is 0 Å². The van der Waals surface area contributed by atoms with E-state index in [4.69, 9.17) is 16.6 Å². The maximum absolute atomic E-state index is 13.4. The number of carbonyl (C=O) groups excluding carboxylic acids is 1. The third-order valence-corrected chi connectivity index (χ3v) is 6.22. The number of aromatic nitrogens is 5. The second-order valence-corrected chi connectivity index (χ2v) is 9.30. The summed E-state index contributed by atoms with van der Waals surface area (Å²) in [6, 6.07) is 7.72. The van der Waals surface area contributed by atoms with Crippen molar-refractivity contribution < 1.29 is 4.79 Å². The molecular weight excluding hydrogens is 426 g/mol. The first kappa shape index (κ1) is 22.2. The number of likely N-dealkylation sites (tertiary alicyclic amines) is 1. The Hall–Kier alpha value is -3.00. The molecule has 0 aliphatic carbocycles. The molecule has 1 amide bonds. The maximum Gasteiger partial charge on any atom is 0.250 e. The monoisotopic (exact) mass is 453 g/mol. The molecular formula is C23H28ClN7O. The molecule has 3 heterocycles. The van der Waals surface area contributed by atoms with Gasteiger partial charge in [-0.1, -0.05) is 23.7 Å². The number of carbonyl (C=O) groups is 1. The number of anilines is 1. The van der Waals surface area contributed by atoms with Gasteiger partial charge >= 0.3 is 0 Å². The molecule has 0 bridgehead atoms. The molecule has 1 atom stereocenters. The van der Waals surface area contributed by atoms with Gasteiger partial charge in [-0.25, -0.2) is 19.6 Å². The average Bonchev–Trinajstić information content (AvgIpc) is 3.35. The molecule has 3 aromatic rings. The quantitative estimate of drug-likeness (QED) is 0.587. The number of hydrogen-bond acceptors (Lipinski definition) is 6. The lowest BCUT2D eigenvalue weighted by Crippen LogP contribution is -2.50. The number of amides is 1. The van der Waals surface area contributed by atoms with Gasteiger partial charge in [0.1, 0.15) is 18.2 Å². The molecule has 0 spiro atoms. The van der Waals surface area contributed by atoms with Crippen molar-refractivity contribution in [3.05, 3.63) is 53.8 Å². The molecule has 1 saturated heterocycles. The van der Waals surface area contributed by atoms with Crippen LogP contribution in [0.1, 0.15) is 38.3 Å². The van der Waals surface area contributed by atoms with Gasteiger partial charge in [-0.15, -0.1) is 0 Å². The van der Waals surface area contributed by atoms with Gasteiger partial charge < -0.3 is 9.80 Å². The zero-order chi connectivity index (χ0) is 22.9. The van der Waals surface area contributed by atoms with Gasteiger partial charge in [-0.3, -0.25) is 4.79 Å². The van der Waals surface area contributed by atoms with Crippen LogP contribution >= 0.6 is 11.6 Å². The largest absolute Gasteiger partial charge is 0.347 e. The van der Waals surface area contributed by atoms with Gasteiger partial charge in [0.25, 0.3) is 0 Å². The van der Waals surface area contributed by atoms with Crippen molar-refractivity contribution in [1.29, 1.82) is 0 Å². The first-order chi connectivity index (χ1) is 15.3. The molecule has 8 nitrogen and oxygen atoms in total. The second kappa shape index (κ2) is 8.86. The number of hydrogen-bond donors (Lipinski definition) is 0. The van der Waals surface area contributed by atoms with Crippen LogP contribution in [-0.4, -0.2) is 62.7 Å². The van der Waals surface area contributed by atoms with Crippen LogP contribution in [0.2, 0.25) is 5.02 Å². The molecule has 168 valence electrons. The van der Waals surface area contributed by atoms with Crippen LogP contribution in [0.15, 0.2) is 43.1 Å². The first-order valence-corrected chi connectivity index (χ1v) is 11.1. The lowest BCUT2D eigenvalue weighted by atomic mass is 9.89. The Bertz CT molecular complexity index is 1080. The zero-order valence-electron chi connectivity index (χ0n) is 18.9. The third kappa shape index (κ3) is 4.32. The van der Waals surface area contributed by atoms with E-state index in [-0.39, 0.29) is 11.8 Å². The van der Waals surface area contributed by atoms with Crippen molar-refractivity contribution in [3.8, 4) is 11.1 Å². The summed E-state index contributed by atoms with van der Waals surface area (Å²) in [7, 11) is 3.86. The van der Waals surface area contributed by atoms with Crippen LogP contribution in [0.25, 0.3) is 11.1 Å². The fourth-order valence-corrected chi connectivity index (χ4v) is 4.26. The Labute approximate surface area is 193 Å². The normalized spacial score (nSPS) is 16.8. The van der Waals surface area contributed by atoms with Gasteiger partial charge in [0.2, 0.25) is 11.9 Å². The summed E-state index contributed by atoms with van der Waals surface area (Å²) < 4.78 is 1.62. The average molecular weight is 454 g/mol. The molecule has 4 rings (SSSR count). The van der Waals surface area contributed by atoms with Gasteiger partial charge in [-0.2, -0.15) is 5.10 Å². The molecule has 1 fully saturated rings. The van der Waals surface area contributed by atoms with E-state index < -0.39 is 5.54 Å². The summed E-state index contributed by atoms with van der Waals surface area (Å²) in [4.78, 5) is 30.7. The van der Waals surface area contributed by atoms with Crippen LogP contribution in [0.3, 0.4) is 0 Å². The lowest BCUT2D eigenvalue weighted by Gasteiger charge is -2.37. The summed E-state index contributed by atoms with van der Waals surface area (Å²) in [5.74, 6) is 0.790. The molecule has 1 aromatic carbocycles. The molecule has 9 heteroatoms. The summed E-state index contributed by atoms with van der Waals surface area (Å²) in [6.07, 6.45) is 6.78. The minimum Gasteiger partial charge on any atom is -0.347 e. The van der Waals surface area contributed by atoms with Gasteiger partial charge in [0.15, 0.2) is 0 Å². The van der Waals surface area contributed by atoms with Crippen LogP contribution in [0, 0.1) is 0 Å². The van der Waals surface area contributed by atoms with E-state index in [1.807, 2.05) is 68.2 Å². The highest BCUT2D eigenvalue weighted by Gasteiger charge is 2.37. The van der Waals surface area contributed by atoms with Crippen molar-refractivity contribution in [1.82, 2.24) is 29.6 Å². The highest BCUT2D eigenvalue weighted by molar-refractivity contribution is 6.30. The van der Waals surface area contributed by atoms with E-state index >= 15 is 0 Å². The highest BCUT2D eigenvalue weighted by Crippen LogP contribution is 2.35. The Morgan fingerprint density at radius 1 is 1.22 bits per heavy atom. The number of piperidine rings is 1. The third-order valence-electron chi connectivity index (χ3n) is 5.97. The number of rotatable bonds is 5. The van der Waals surface area contributed by atoms with Crippen LogP contribution in [0.4, 0.5) is 5.95 Å². The summed E-state index contributed by atoms with van der Waals surface area (Å²) in [5, 5.41) is 4.88. The zero-order valence-corrected chi connectivity index (χ0v) is 19.6. The van der Waals surface area contributed by atoms with E-state index in [0.717, 1.165) is 36.2 Å². The Balaban J connectivity index is 1.67. The molecule has 0 unspecified atom stereocenters. The van der Waals surface area contributed by atoms with E-state index in [2.05, 4.69) is 15.1 Å². The summed E-state index contributed by atoms with van der Waals surface area (Å²) in [5.41, 5.74) is 2.14. The summed E-state index contributed by atoms with van der Waals surface area (Å²) >= 11 is 6.10. The Morgan fingerprint density at radius 3 is 2.62 bits per heavy atom. The van der Waals surface area contributed by atoms with Gasteiger partial charge in [0.05, 0.1) is 5.69 Å².